The van der Waals surface area contributed by atoms with Gasteiger partial charge in [-0.2, -0.15) is 0 Å². The maximum absolute atomic E-state index is 2.60. The van der Waals surface area contributed by atoms with Gasteiger partial charge in [0.2, 0.25) is 0 Å². The molecular weight excluding hydrogens is 895 g/mol. The van der Waals surface area contributed by atoms with Gasteiger partial charge in [0.15, 0.2) is 0 Å². The first-order valence-electron chi connectivity index (χ1n) is 25.5. The van der Waals surface area contributed by atoms with Crippen molar-refractivity contribution in [3.63, 3.8) is 0 Å². The quantitative estimate of drug-likeness (QED) is 0.135. The molecule has 0 saturated carbocycles. The Morgan fingerprint density at radius 1 is 0.284 bits per heavy atom. The lowest BCUT2D eigenvalue weighted by Gasteiger charge is -2.45. The lowest BCUT2D eigenvalue weighted by atomic mass is 9.78. The van der Waals surface area contributed by atoms with E-state index in [1.807, 2.05) is 0 Å². The van der Waals surface area contributed by atoms with Gasteiger partial charge < -0.3 is 14.4 Å². The molecule has 0 aliphatic heterocycles. The largest absolute Gasteiger partial charge is 0.323 e. The molecule has 3 heteroatoms. The molecule has 348 valence electrons. The number of para-hydroxylation sites is 3. The Kier molecular flexibility index (Phi) is 10.4. The van der Waals surface area contributed by atoms with Gasteiger partial charge in [-0.05, 0) is 128 Å². The normalized spacial score (nSPS) is 13.7. The van der Waals surface area contributed by atoms with Crippen molar-refractivity contribution < 1.29 is 0 Å². The molecule has 1 aliphatic carbocycles. The first-order valence-corrected chi connectivity index (χ1v) is 25.5. The van der Waals surface area contributed by atoms with Gasteiger partial charge in [0.25, 0.3) is 0 Å². The lowest BCUT2D eigenvalue weighted by Crippen LogP contribution is -2.44. The van der Waals surface area contributed by atoms with Gasteiger partial charge in [-0.1, -0.05) is 224 Å². The zero-order valence-corrected chi connectivity index (χ0v) is 40.6. The molecule has 1 unspecified atom stereocenters. The highest BCUT2D eigenvalue weighted by Gasteiger charge is 2.50. The smallest absolute Gasteiger partial charge is 0.122 e. The summed E-state index contributed by atoms with van der Waals surface area (Å²) in [5, 5.41) is 4.82. The molecule has 1 atom stereocenters. The number of anilines is 5. The SMILES string of the molecule is c1ccc(-c2cccc(N(c3ccc4c(c3)C(c3ccccc3)(N(c3ccccc3)c3ccc5ccccc5c3)c3ccccc3-4)c3ccc4c5ccccc5n(-c5ccccc5-c5ccccc5)c4c3)c2)cc1. The summed E-state index contributed by atoms with van der Waals surface area (Å²) in [6, 6.07) is 109. The van der Waals surface area contributed by atoms with Gasteiger partial charge in [0.1, 0.15) is 5.54 Å². The maximum Gasteiger partial charge on any atom is 0.122 e. The van der Waals surface area contributed by atoms with Crippen molar-refractivity contribution >= 4 is 61.0 Å². The fourth-order valence-electron chi connectivity index (χ4n) is 12.0. The van der Waals surface area contributed by atoms with E-state index in [1.54, 1.807) is 0 Å². The summed E-state index contributed by atoms with van der Waals surface area (Å²) in [6.07, 6.45) is 0. The first-order chi connectivity index (χ1) is 36.7. The molecule has 0 bridgehead atoms. The predicted octanol–water partition coefficient (Wildman–Crippen LogP) is 18.9. The molecule has 0 amide bonds. The molecule has 0 saturated heterocycles. The van der Waals surface area contributed by atoms with Crippen LogP contribution >= 0.6 is 0 Å². The number of hydrogen-bond acceptors (Lipinski definition) is 2. The van der Waals surface area contributed by atoms with Crippen LogP contribution in [0, 0.1) is 0 Å². The van der Waals surface area contributed by atoms with Crippen LogP contribution in [0.5, 0.6) is 0 Å². The third-order valence-electron chi connectivity index (χ3n) is 15.1. The molecule has 3 nitrogen and oxygen atoms in total. The fraction of sp³-hybridized carbons (Fsp3) is 0.0141. The molecular formula is C71H49N3. The van der Waals surface area contributed by atoms with Crippen molar-refractivity contribution in [3.05, 3.63) is 314 Å². The number of fused-ring (bicyclic) bond motifs is 7. The second-order valence-electron chi connectivity index (χ2n) is 19.2. The van der Waals surface area contributed by atoms with E-state index in [-0.39, 0.29) is 0 Å². The van der Waals surface area contributed by atoms with E-state index in [1.165, 1.54) is 71.6 Å². The summed E-state index contributed by atoms with van der Waals surface area (Å²) in [5.74, 6) is 0. The molecule has 14 rings (SSSR count). The Hall–Kier alpha value is -9.70. The monoisotopic (exact) mass is 943 g/mol. The summed E-state index contributed by atoms with van der Waals surface area (Å²) < 4.78 is 2.47. The summed E-state index contributed by atoms with van der Waals surface area (Å²) >= 11 is 0. The van der Waals surface area contributed by atoms with E-state index in [2.05, 4.69) is 312 Å². The molecule has 0 radical (unpaired) electrons. The molecule has 13 aromatic rings. The van der Waals surface area contributed by atoms with Gasteiger partial charge in [-0.15, -0.1) is 0 Å². The molecule has 1 heterocycles. The van der Waals surface area contributed by atoms with Crippen LogP contribution in [-0.2, 0) is 5.54 Å². The minimum Gasteiger partial charge on any atom is -0.323 e. The lowest BCUT2D eigenvalue weighted by molar-refractivity contribution is 0.644. The third kappa shape index (κ3) is 6.97. The first kappa shape index (κ1) is 43.1. The van der Waals surface area contributed by atoms with Gasteiger partial charge in [-0.3, -0.25) is 0 Å². The van der Waals surface area contributed by atoms with Crippen LogP contribution in [0.4, 0.5) is 28.4 Å². The molecule has 1 aromatic heterocycles. The zero-order valence-electron chi connectivity index (χ0n) is 40.6. The van der Waals surface area contributed by atoms with Crippen molar-refractivity contribution in [3.8, 4) is 39.1 Å². The molecule has 0 N–H and O–H groups in total. The van der Waals surface area contributed by atoms with Gasteiger partial charge in [-0.25, -0.2) is 0 Å². The van der Waals surface area contributed by atoms with Gasteiger partial charge in [0, 0.05) is 44.8 Å². The van der Waals surface area contributed by atoms with Gasteiger partial charge >= 0.3 is 0 Å². The summed E-state index contributed by atoms with van der Waals surface area (Å²) in [7, 11) is 0. The standard InChI is InChI=1S/C71H49N3/c1-5-22-50(23-6-1)54-28-21-33-57(46-54)72(59-43-45-65-64-36-17-20-39-69(64)73(70(65)49-59)68-38-19-16-34-61(68)52-25-7-2-8-26-52)58-42-44-63-62-35-15-18-37-66(62)71(67(63)48-58,55-29-9-3-10-30-55)74(56-31-11-4-12-32-56)60-41-40-51-24-13-14-27-53(51)47-60/h1-49H. The summed E-state index contributed by atoms with van der Waals surface area (Å²) in [6.45, 7) is 0. The second-order valence-corrected chi connectivity index (χ2v) is 19.2. The number of hydrogen-bond donors (Lipinski definition) is 0. The Morgan fingerprint density at radius 3 is 1.65 bits per heavy atom. The van der Waals surface area contributed by atoms with Crippen LogP contribution in [0.2, 0.25) is 0 Å². The Morgan fingerprint density at radius 2 is 0.838 bits per heavy atom. The fourth-order valence-corrected chi connectivity index (χ4v) is 12.0. The van der Waals surface area contributed by atoms with Gasteiger partial charge in [0.05, 0.1) is 16.7 Å². The highest BCUT2D eigenvalue weighted by Crippen LogP contribution is 2.59. The average molecular weight is 944 g/mol. The molecule has 12 aromatic carbocycles. The number of nitrogens with zero attached hydrogens (tertiary/aromatic N) is 3. The highest BCUT2D eigenvalue weighted by atomic mass is 15.2. The Labute approximate surface area is 431 Å². The number of aromatic nitrogens is 1. The minimum atomic E-state index is -0.803. The van der Waals surface area contributed by atoms with E-state index < -0.39 is 5.54 Å². The van der Waals surface area contributed by atoms with Crippen molar-refractivity contribution in [2.24, 2.45) is 0 Å². The zero-order chi connectivity index (χ0) is 49.0. The molecule has 1 aliphatic rings. The van der Waals surface area contributed by atoms with Crippen LogP contribution in [0.25, 0.3) is 71.6 Å². The minimum absolute atomic E-state index is 0.803. The van der Waals surface area contributed by atoms with E-state index in [9.17, 15) is 0 Å². The molecule has 0 spiro atoms. The maximum atomic E-state index is 2.60. The van der Waals surface area contributed by atoms with E-state index >= 15 is 0 Å². The Balaban J connectivity index is 1.06. The van der Waals surface area contributed by atoms with Crippen molar-refractivity contribution in [1.82, 2.24) is 4.57 Å². The van der Waals surface area contributed by atoms with Crippen molar-refractivity contribution in [1.29, 1.82) is 0 Å². The topological polar surface area (TPSA) is 11.4 Å². The van der Waals surface area contributed by atoms with E-state index in [4.69, 9.17) is 0 Å². The highest BCUT2D eigenvalue weighted by molar-refractivity contribution is 6.11. The van der Waals surface area contributed by atoms with E-state index in [0.717, 1.165) is 45.2 Å². The number of benzene rings is 12. The predicted molar refractivity (Wildman–Crippen MR) is 311 cm³/mol. The Bertz CT molecular complexity index is 4200. The molecule has 0 fully saturated rings. The van der Waals surface area contributed by atoms with Crippen LogP contribution in [0.1, 0.15) is 16.7 Å². The van der Waals surface area contributed by atoms with Crippen LogP contribution in [-0.4, -0.2) is 4.57 Å². The molecule has 74 heavy (non-hydrogen) atoms. The van der Waals surface area contributed by atoms with Crippen LogP contribution < -0.4 is 9.80 Å². The summed E-state index contributed by atoms with van der Waals surface area (Å²) in [4.78, 5) is 5.07. The van der Waals surface area contributed by atoms with Crippen molar-refractivity contribution in [2.75, 3.05) is 9.80 Å². The van der Waals surface area contributed by atoms with Crippen LogP contribution in [0.15, 0.2) is 297 Å². The van der Waals surface area contributed by atoms with Crippen LogP contribution in [0.3, 0.4) is 0 Å². The third-order valence-corrected chi connectivity index (χ3v) is 15.1. The number of rotatable bonds is 10. The summed E-state index contributed by atoms with van der Waals surface area (Å²) in [5.41, 5.74) is 18.7. The average Bonchev–Trinajstić information content (AvgIpc) is 4.05. The van der Waals surface area contributed by atoms with E-state index in [0.29, 0.717) is 0 Å². The van der Waals surface area contributed by atoms with Crippen molar-refractivity contribution in [2.45, 2.75) is 5.54 Å². The second kappa shape index (κ2) is 17.9.